The van der Waals surface area contributed by atoms with Gasteiger partial charge in [-0.15, -0.1) is 0 Å². The van der Waals surface area contributed by atoms with Gasteiger partial charge in [0.05, 0.1) is 0 Å². The van der Waals surface area contributed by atoms with E-state index in [2.05, 4.69) is 6.92 Å². The Morgan fingerprint density at radius 2 is 2.00 bits per heavy atom. The van der Waals surface area contributed by atoms with Gasteiger partial charge in [-0.05, 0) is 29.0 Å². The second-order valence-corrected chi connectivity index (χ2v) is 4.86. The van der Waals surface area contributed by atoms with Crippen molar-refractivity contribution in [2.24, 2.45) is 0 Å². The SMILES string of the molecule is CCCC1=CC(=Cc2ccccc2)C(=O)S1. The Balaban J connectivity index is 2.22. The summed E-state index contributed by atoms with van der Waals surface area (Å²) in [6, 6.07) is 9.96. The molecule has 0 spiro atoms. The van der Waals surface area contributed by atoms with Crippen molar-refractivity contribution in [1.29, 1.82) is 0 Å². The van der Waals surface area contributed by atoms with Crippen LogP contribution in [0.2, 0.25) is 0 Å². The smallest absolute Gasteiger partial charge is 0.223 e. The molecule has 2 heteroatoms. The van der Waals surface area contributed by atoms with Crippen LogP contribution in [0.1, 0.15) is 25.3 Å². The summed E-state index contributed by atoms with van der Waals surface area (Å²) in [5.41, 5.74) is 1.90. The third-order valence-corrected chi connectivity index (χ3v) is 3.40. The van der Waals surface area contributed by atoms with Gasteiger partial charge in [-0.3, -0.25) is 4.79 Å². The average Bonchev–Trinajstić information content (AvgIpc) is 2.61. The van der Waals surface area contributed by atoms with Crippen molar-refractivity contribution >= 4 is 23.0 Å². The third kappa shape index (κ3) is 2.64. The Kier molecular flexibility index (Phi) is 3.62. The molecule has 1 aromatic carbocycles. The summed E-state index contributed by atoms with van der Waals surface area (Å²) >= 11 is 1.37. The molecule has 1 aliphatic rings. The molecule has 0 fully saturated rings. The Morgan fingerprint density at radius 1 is 1.25 bits per heavy atom. The second kappa shape index (κ2) is 5.17. The van der Waals surface area contributed by atoms with Crippen molar-refractivity contribution in [1.82, 2.24) is 0 Å². The van der Waals surface area contributed by atoms with Crippen LogP contribution in [0.15, 0.2) is 46.9 Å². The quantitative estimate of drug-likeness (QED) is 0.729. The lowest BCUT2D eigenvalue weighted by Gasteiger charge is -1.93. The van der Waals surface area contributed by atoms with E-state index in [1.807, 2.05) is 42.5 Å². The summed E-state index contributed by atoms with van der Waals surface area (Å²) in [4.78, 5) is 12.9. The van der Waals surface area contributed by atoms with E-state index in [4.69, 9.17) is 0 Å². The first-order valence-corrected chi connectivity index (χ1v) is 6.30. The van der Waals surface area contributed by atoms with Gasteiger partial charge in [0.25, 0.3) is 0 Å². The largest absolute Gasteiger partial charge is 0.281 e. The van der Waals surface area contributed by atoms with Gasteiger partial charge in [0.1, 0.15) is 0 Å². The van der Waals surface area contributed by atoms with Crippen molar-refractivity contribution < 1.29 is 4.79 Å². The van der Waals surface area contributed by atoms with Gasteiger partial charge in [-0.2, -0.15) is 0 Å². The lowest BCUT2D eigenvalue weighted by Crippen LogP contribution is -1.87. The van der Waals surface area contributed by atoms with Gasteiger partial charge in [0.15, 0.2) is 0 Å². The van der Waals surface area contributed by atoms with E-state index in [0.29, 0.717) is 0 Å². The standard InChI is InChI=1S/C14H14OS/c1-2-6-13-10-12(14(15)16-13)9-11-7-4-3-5-8-11/h3-5,7-10H,2,6H2,1H3. The van der Waals surface area contributed by atoms with Crippen LogP contribution in [0.4, 0.5) is 0 Å². The van der Waals surface area contributed by atoms with E-state index in [-0.39, 0.29) is 5.12 Å². The Hall–Kier alpha value is -1.28. The van der Waals surface area contributed by atoms with Crippen molar-refractivity contribution in [3.05, 3.63) is 52.4 Å². The molecule has 82 valence electrons. The predicted octanol–water partition coefficient (Wildman–Crippen LogP) is 4.03. The maximum Gasteiger partial charge on any atom is 0.223 e. The van der Waals surface area contributed by atoms with E-state index in [1.165, 1.54) is 16.7 Å². The maximum atomic E-state index is 11.7. The number of rotatable bonds is 3. The zero-order chi connectivity index (χ0) is 11.4. The lowest BCUT2D eigenvalue weighted by atomic mass is 10.1. The van der Waals surface area contributed by atoms with Gasteiger partial charge < -0.3 is 0 Å². The van der Waals surface area contributed by atoms with Gasteiger partial charge in [-0.1, -0.05) is 55.4 Å². The van der Waals surface area contributed by atoms with Gasteiger partial charge in [0.2, 0.25) is 5.12 Å². The zero-order valence-electron chi connectivity index (χ0n) is 9.27. The number of benzene rings is 1. The summed E-state index contributed by atoms with van der Waals surface area (Å²) in [7, 11) is 0. The molecule has 0 saturated carbocycles. The van der Waals surface area contributed by atoms with Crippen LogP contribution in [-0.2, 0) is 4.79 Å². The monoisotopic (exact) mass is 230 g/mol. The van der Waals surface area contributed by atoms with Crippen molar-refractivity contribution in [3.63, 3.8) is 0 Å². The number of carbonyl (C=O) groups excluding carboxylic acids is 1. The van der Waals surface area contributed by atoms with Gasteiger partial charge in [0, 0.05) is 5.57 Å². The number of thioether (sulfide) groups is 1. The summed E-state index contributed by atoms with van der Waals surface area (Å²) in [6.45, 7) is 2.13. The molecule has 1 aromatic rings. The fraction of sp³-hybridized carbons (Fsp3) is 0.214. The predicted molar refractivity (Wildman–Crippen MR) is 70.0 cm³/mol. The second-order valence-electron chi connectivity index (χ2n) is 3.76. The van der Waals surface area contributed by atoms with E-state index < -0.39 is 0 Å². The Labute approximate surface area is 100 Å². The molecular weight excluding hydrogens is 216 g/mol. The molecule has 0 N–H and O–H groups in total. The summed E-state index contributed by atoms with van der Waals surface area (Å²) in [5.74, 6) is 0. The number of carbonyl (C=O) groups is 1. The minimum atomic E-state index is 0.173. The van der Waals surface area contributed by atoms with E-state index in [1.54, 1.807) is 0 Å². The molecule has 1 heterocycles. The van der Waals surface area contributed by atoms with Crippen molar-refractivity contribution in [3.8, 4) is 0 Å². The summed E-state index contributed by atoms with van der Waals surface area (Å²) in [5, 5.41) is 0.173. The highest BCUT2D eigenvalue weighted by atomic mass is 32.2. The fourth-order valence-electron chi connectivity index (χ4n) is 1.64. The molecule has 2 rings (SSSR count). The topological polar surface area (TPSA) is 17.1 Å². The highest BCUT2D eigenvalue weighted by molar-refractivity contribution is 8.17. The van der Waals surface area contributed by atoms with Crippen LogP contribution in [0.3, 0.4) is 0 Å². The van der Waals surface area contributed by atoms with Gasteiger partial charge in [-0.25, -0.2) is 0 Å². The van der Waals surface area contributed by atoms with Crippen molar-refractivity contribution in [2.75, 3.05) is 0 Å². The third-order valence-electron chi connectivity index (χ3n) is 2.39. The van der Waals surface area contributed by atoms with Crippen LogP contribution >= 0.6 is 11.8 Å². The Bertz CT molecular complexity index is 443. The molecule has 0 amide bonds. The van der Waals surface area contributed by atoms with Crippen molar-refractivity contribution in [2.45, 2.75) is 19.8 Å². The first kappa shape index (κ1) is 11.2. The first-order chi connectivity index (χ1) is 7.79. The normalized spacial score (nSPS) is 17.9. The molecule has 1 nitrogen and oxygen atoms in total. The number of allylic oxidation sites excluding steroid dienone is 2. The average molecular weight is 230 g/mol. The minimum absolute atomic E-state index is 0.173. The first-order valence-electron chi connectivity index (χ1n) is 5.49. The summed E-state index contributed by atoms with van der Waals surface area (Å²) < 4.78 is 0. The molecule has 0 bridgehead atoms. The molecule has 0 saturated heterocycles. The highest BCUT2D eigenvalue weighted by Gasteiger charge is 2.18. The molecule has 0 radical (unpaired) electrons. The van der Waals surface area contributed by atoms with Crippen LogP contribution in [-0.4, -0.2) is 5.12 Å². The maximum absolute atomic E-state index is 11.7. The number of hydrogen-bond donors (Lipinski definition) is 0. The van der Waals surface area contributed by atoms with Crippen LogP contribution in [0.5, 0.6) is 0 Å². The van der Waals surface area contributed by atoms with E-state index >= 15 is 0 Å². The molecule has 0 aromatic heterocycles. The van der Waals surface area contributed by atoms with E-state index in [9.17, 15) is 4.79 Å². The molecule has 0 unspecified atom stereocenters. The van der Waals surface area contributed by atoms with Crippen LogP contribution in [0.25, 0.3) is 6.08 Å². The van der Waals surface area contributed by atoms with Gasteiger partial charge >= 0.3 is 0 Å². The molecule has 0 aliphatic carbocycles. The minimum Gasteiger partial charge on any atom is -0.281 e. The summed E-state index contributed by atoms with van der Waals surface area (Å²) in [6.07, 6.45) is 6.06. The molecule has 1 aliphatic heterocycles. The molecule has 16 heavy (non-hydrogen) atoms. The van der Waals surface area contributed by atoms with Crippen LogP contribution in [0, 0.1) is 0 Å². The fourth-order valence-corrected chi connectivity index (χ4v) is 2.60. The number of hydrogen-bond acceptors (Lipinski definition) is 2. The zero-order valence-corrected chi connectivity index (χ0v) is 10.1. The molecular formula is C14H14OS. The Morgan fingerprint density at radius 3 is 2.69 bits per heavy atom. The van der Waals surface area contributed by atoms with E-state index in [0.717, 1.165) is 24.0 Å². The molecule has 0 atom stereocenters. The highest BCUT2D eigenvalue weighted by Crippen LogP contribution is 2.34. The lowest BCUT2D eigenvalue weighted by molar-refractivity contribution is -0.107. The van der Waals surface area contributed by atoms with Crippen LogP contribution < -0.4 is 0 Å².